The Morgan fingerprint density at radius 2 is 2.04 bits per heavy atom. The number of nitrogens with one attached hydrogen (secondary N) is 3. The summed E-state index contributed by atoms with van der Waals surface area (Å²) in [6.45, 7) is 3.83. The van der Waals surface area contributed by atoms with Crippen LogP contribution in [-0.4, -0.2) is 25.5 Å². The summed E-state index contributed by atoms with van der Waals surface area (Å²) in [5, 5.41) is 6.09. The lowest BCUT2D eigenvalue weighted by Crippen LogP contribution is -2.42. The predicted molar refractivity (Wildman–Crippen MR) is 97.0 cm³/mol. The van der Waals surface area contributed by atoms with E-state index < -0.39 is 16.1 Å². The summed E-state index contributed by atoms with van der Waals surface area (Å²) in [7, 11) is -4.06. The van der Waals surface area contributed by atoms with Crippen LogP contribution in [0.1, 0.15) is 19.4 Å². The second-order valence-electron chi connectivity index (χ2n) is 5.59. The number of benzene rings is 1. The molecule has 7 nitrogen and oxygen atoms in total. The number of aromatic nitrogens is 1. The van der Waals surface area contributed by atoms with E-state index in [1.165, 1.54) is 18.5 Å². The predicted octanol–water partition coefficient (Wildman–Crippen LogP) is 2.74. The fourth-order valence-corrected chi connectivity index (χ4v) is 3.31. The van der Waals surface area contributed by atoms with Crippen LogP contribution in [-0.2, 0) is 16.6 Å². The van der Waals surface area contributed by atoms with Crippen molar-refractivity contribution in [2.75, 3.05) is 5.32 Å². The Bertz CT molecular complexity index is 856. The lowest BCUT2D eigenvalue weighted by Gasteiger charge is -2.14. The van der Waals surface area contributed by atoms with E-state index in [4.69, 9.17) is 11.6 Å². The van der Waals surface area contributed by atoms with Gasteiger partial charge in [-0.25, -0.2) is 17.9 Å². The Labute approximate surface area is 151 Å². The Morgan fingerprint density at radius 3 is 2.72 bits per heavy atom. The van der Waals surface area contributed by atoms with Gasteiger partial charge in [-0.05, 0) is 37.6 Å². The second kappa shape index (κ2) is 8.17. The third-order valence-electron chi connectivity index (χ3n) is 3.09. The van der Waals surface area contributed by atoms with Crippen molar-refractivity contribution in [3.05, 3.63) is 53.3 Å². The molecule has 1 aromatic carbocycles. The quantitative estimate of drug-likeness (QED) is 0.713. The minimum absolute atomic E-state index is 0.115. The maximum atomic E-state index is 12.4. The van der Waals surface area contributed by atoms with Crippen LogP contribution in [0.3, 0.4) is 0 Å². The molecule has 2 amide bonds. The molecular weight excluding hydrogens is 364 g/mol. The Balaban J connectivity index is 2.17. The van der Waals surface area contributed by atoms with Crippen LogP contribution in [0.5, 0.6) is 0 Å². The van der Waals surface area contributed by atoms with Gasteiger partial charge >= 0.3 is 6.03 Å². The molecule has 25 heavy (non-hydrogen) atoms. The number of amides is 2. The number of nitrogens with zero attached hydrogens (tertiary/aromatic N) is 1. The number of halogens is 1. The molecule has 0 radical (unpaired) electrons. The molecule has 0 fully saturated rings. The topological polar surface area (TPSA) is 100 Å². The van der Waals surface area contributed by atoms with E-state index in [0.29, 0.717) is 17.3 Å². The number of hydrogen-bond donors (Lipinski definition) is 3. The maximum Gasteiger partial charge on any atom is 0.328 e. The van der Waals surface area contributed by atoms with Crippen molar-refractivity contribution in [3.8, 4) is 0 Å². The molecule has 2 rings (SSSR count). The largest absolute Gasteiger partial charge is 0.380 e. The summed E-state index contributed by atoms with van der Waals surface area (Å²) in [4.78, 5) is 15.4. The van der Waals surface area contributed by atoms with Crippen LogP contribution >= 0.6 is 11.6 Å². The number of rotatable bonds is 6. The van der Waals surface area contributed by atoms with E-state index in [1.54, 1.807) is 32.0 Å². The zero-order valence-corrected chi connectivity index (χ0v) is 15.4. The number of hydrogen-bond acceptors (Lipinski definition) is 5. The summed E-state index contributed by atoms with van der Waals surface area (Å²) in [5.41, 5.74) is 1.22. The molecule has 9 heteroatoms. The van der Waals surface area contributed by atoms with Crippen LogP contribution < -0.4 is 15.4 Å². The summed E-state index contributed by atoms with van der Waals surface area (Å²) >= 11 is 5.94. The highest BCUT2D eigenvalue weighted by molar-refractivity contribution is 7.90. The molecule has 1 aromatic heterocycles. The van der Waals surface area contributed by atoms with Crippen molar-refractivity contribution in [2.45, 2.75) is 31.3 Å². The van der Waals surface area contributed by atoms with Gasteiger partial charge in [0, 0.05) is 30.0 Å². The van der Waals surface area contributed by atoms with Crippen molar-refractivity contribution in [1.82, 2.24) is 15.0 Å². The van der Waals surface area contributed by atoms with Gasteiger partial charge in [0.05, 0.1) is 5.69 Å². The highest BCUT2D eigenvalue weighted by Gasteiger charge is 2.21. The third-order valence-corrected chi connectivity index (χ3v) is 4.69. The van der Waals surface area contributed by atoms with E-state index in [1.807, 2.05) is 10.8 Å². The van der Waals surface area contributed by atoms with Crippen molar-refractivity contribution >= 4 is 33.3 Å². The molecule has 0 aliphatic heterocycles. The number of anilines is 1. The van der Waals surface area contributed by atoms with E-state index >= 15 is 0 Å². The van der Waals surface area contributed by atoms with Crippen LogP contribution in [0.25, 0.3) is 0 Å². The Hall–Kier alpha value is -2.32. The van der Waals surface area contributed by atoms with Crippen molar-refractivity contribution in [2.24, 2.45) is 0 Å². The van der Waals surface area contributed by atoms with Gasteiger partial charge < -0.3 is 10.6 Å². The normalized spacial score (nSPS) is 11.2. The van der Waals surface area contributed by atoms with Crippen LogP contribution in [0.2, 0.25) is 5.02 Å². The monoisotopic (exact) mass is 382 g/mol. The molecule has 0 saturated heterocycles. The average molecular weight is 383 g/mol. The fraction of sp³-hybridized carbons (Fsp3) is 0.250. The molecular formula is C16H19ClN4O3S. The summed E-state index contributed by atoms with van der Waals surface area (Å²) in [5.74, 6) is 0. The first-order chi connectivity index (χ1) is 11.8. The molecule has 0 aliphatic carbocycles. The van der Waals surface area contributed by atoms with Gasteiger partial charge in [-0.1, -0.05) is 23.7 Å². The minimum Gasteiger partial charge on any atom is -0.380 e. The first kappa shape index (κ1) is 19.0. The number of carbonyl (C=O) groups is 1. The molecule has 0 bridgehead atoms. The molecule has 0 atom stereocenters. The number of carbonyl (C=O) groups excluding carboxylic acids is 1. The molecule has 3 N–H and O–H groups in total. The van der Waals surface area contributed by atoms with Crippen molar-refractivity contribution in [1.29, 1.82) is 0 Å². The van der Waals surface area contributed by atoms with E-state index in [2.05, 4.69) is 15.6 Å². The van der Waals surface area contributed by atoms with E-state index in [-0.39, 0.29) is 10.9 Å². The molecule has 0 saturated carbocycles. The van der Waals surface area contributed by atoms with Crippen LogP contribution in [0.15, 0.2) is 47.6 Å². The van der Waals surface area contributed by atoms with Gasteiger partial charge in [-0.2, -0.15) is 0 Å². The molecule has 0 aliphatic rings. The van der Waals surface area contributed by atoms with E-state index in [9.17, 15) is 13.2 Å². The second-order valence-corrected chi connectivity index (χ2v) is 7.68. The van der Waals surface area contributed by atoms with Gasteiger partial charge in [0.2, 0.25) is 0 Å². The highest BCUT2D eigenvalue weighted by atomic mass is 35.5. The zero-order valence-electron chi connectivity index (χ0n) is 13.8. The van der Waals surface area contributed by atoms with Gasteiger partial charge in [-0.15, -0.1) is 0 Å². The highest BCUT2D eigenvalue weighted by Crippen LogP contribution is 2.21. The SMILES string of the molecule is CC(C)NC(=O)NS(=O)(=O)c1cnccc1NCc1cccc(Cl)c1. The smallest absolute Gasteiger partial charge is 0.328 e. The standard InChI is InChI=1S/C16H19ClN4O3S/c1-11(2)20-16(22)21-25(23,24)15-10-18-7-6-14(15)19-9-12-4-3-5-13(17)8-12/h3-8,10-11H,9H2,1-2H3,(H,18,19)(H2,20,21,22). The molecule has 1 heterocycles. The fourth-order valence-electron chi connectivity index (χ4n) is 2.05. The number of urea groups is 1. The summed E-state index contributed by atoms with van der Waals surface area (Å²) in [6, 6.07) is 7.75. The molecule has 134 valence electrons. The van der Waals surface area contributed by atoms with Crippen LogP contribution in [0.4, 0.5) is 10.5 Å². The lowest BCUT2D eigenvalue weighted by atomic mass is 10.2. The molecule has 0 spiro atoms. The lowest BCUT2D eigenvalue weighted by molar-refractivity contribution is 0.243. The zero-order chi connectivity index (χ0) is 18.4. The minimum atomic E-state index is -4.06. The number of pyridine rings is 1. The van der Waals surface area contributed by atoms with Gasteiger partial charge in [0.1, 0.15) is 4.90 Å². The van der Waals surface area contributed by atoms with Crippen molar-refractivity contribution < 1.29 is 13.2 Å². The van der Waals surface area contributed by atoms with Gasteiger partial charge in [0.15, 0.2) is 0 Å². The first-order valence-electron chi connectivity index (χ1n) is 7.53. The summed E-state index contributed by atoms with van der Waals surface area (Å²) < 4.78 is 26.8. The average Bonchev–Trinajstić information content (AvgIpc) is 2.52. The first-order valence-corrected chi connectivity index (χ1v) is 9.39. The summed E-state index contributed by atoms with van der Waals surface area (Å²) in [6.07, 6.45) is 2.65. The van der Waals surface area contributed by atoms with E-state index in [0.717, 1.165) is 5.56 Å². The molecule has 0 unspecified atom stereocenters. The maximum absolute atomic E-state index is 12.4. The Kier molecular flexibility index (Phi) is 6.22. The van der Waals surface area contributed by atoms with Crippen LogP contribution in [0, 0.1) is 0 Å². The van der Waals surface area contributed by atoms with Gasteiger partial charge in [0.25, 0.3) is 10.0 Å². The van der Waals surface area contributed by atoms with Crippen molar-refractivity contribution in [3.63, 3.8) is 0 Å². The molecule has 2 aromatic rings. The number of sulfonamides is 1. The Morgan fingerprint density at radius 1 is 1.28 bits per heavy atom. The third kappa shape index (κ3) is 5.61. The van der Waals surface area contributed by atoms with Gasteiger partial charge in [-0.3, -0.25) is 4.98 Å².